The van der Waals surface area contributed by atoms with Crippen molar-refractivity contribution >= 4 is 17.5 Å². The molecule has 0 fully saturated rings. The maximum Gasteiger partial charge on any atom is 0.255 e. The van der Waals surface area contributed by atoms with Crippen LogP contribution in [-0.2, 0) is 6.61 Å². The molecule has 0 aromatic heterocycles. The Balaban J connectivity index is 1.59. The minimum absolute atomic E-state index is 0.185. The van der Waals surface area contributed by atoms with E-state index in [-0.39, 0.29) is 5.91 Å². The third kappa shape index (κ3) is 4.40. The van der Waals surface area contributed by atoms with Gasteiger partial charge in [0.25, 0.3) is 5.91 Å². The lowest BCUT2D eigenvalue weighted by molar-refractivity contribution is 0.0964. The van der Waals surface area contributed by atoms with Gasteiger partial charge in [0.05, 0.1) is 6.07 Å². The molecule has 1 aliphatic carbocycles. The predicted molar refractivity (Wildman–Crippen MR) is 96.2 cm³/mol. The number of halogens is 1. The maximum absolute atomic E-state index is 12.3. The standard InChI is InChI=1S/C20H17ClN2O2/c21-17-8-10-18(11-9-17)25-13-14-4-6-15(7-5-14)20(24)23-19-3-1-2-16(19)12-22/h4-11H,1-3,13H2,(H,23,24). The van der Waals surface area contributed by atoms with E-state index in [9.17, 15) is 4.79 Å². The van der Waals surface area contributed by atoms with E-state index in [1.165, 1.54) is 0 Å². The van der Waals surface area contributed by atoms with Gasteiger partial charge in [0, 0.05) is 21.9 Å². The minimum atomic E-state index is -0.185. The quantitative estimate of drug-likeness (QED) is 0.854. The van der Waals surface area contributed by atoms with Crippen molar-refractivity contribution in [2.24, 2.45) is 0 Å². The SMILES string of the molecule is N#CC1=C(NC(=O)c2ccc(COc3ccc(Cl)cc3)cc2)CCC1. The molecule has 1 amide bonds. The predicted octanol–water partition coefficient (Wildman–Crippen LogP) is 4.61. The molecular weight excluding hydrogens is 336 g/mol. The van der Waals surface area contributed by atoms with E-state index in [4.69, 9.17) is 21.6 Å². The first-order chi connectivity index (χ1) is 12.2. The van der Waals surface area contributed by atoms with Crippen LogP contribution in [0.15, 0.2) is 59.8 Å². The van der Waals surface area contributed by atoms with Crippen LogP contribution in [0.4, 0.5) is 0 Å². The Hall–Kier alpha value is -2.77. The van der Waals surface area contributed by atoms with Crippen LogP contribution < -0.4 is 10.1 Å². The highest BCUT2D eigenvalue weighted by atomic mass is 35.5. The molecule has 1 N–H and O–H groups in total. The summed E-state index contributed by atoms with van der Waals surface area (Å²) in [5.74, 6) is 0.554. The number of ether oxygens (including phenoxy) is 1. The monoisotopic (exact) mass is 352 g/mol. The van der Waals surface area contributed by atoms with Gasteiger partial charge in [-0.1, -0.05) is 23.7 Å². The highest BCUT2D eigenvalue weighted by Crippen LogP contribution is 2.23. The molecule has 0 bridgehead atoms. The number of allylic oxidation sites excluding steroid dienone is 2. The lowest BCUT2D eigenvalue weighted by Crippen LogP contribution is -2.22. The van der Waals surface area contributed by atoms with Crippen molar-refractivity contribution in [1.29, 1.82) is 5.26 Å². The van der Waals surface area contributed by atoms with Crippen molar-refractivity contribution in [2.75, 3.05) is 0 Å². The summed E-state index contributed by atoms with van der Waals surface area (Å²) in [6.07, 6.45) is 2.41. The number of nitrogens with zero attached hydrogens (tertiary/aromatic N) is 1. The molecule has 0 heterocycles. The third-order valence-corrected chi connectivity index (χ3v) is 4.30. The van der Waals surface area contributed by atoms with Gasteiger partial charge in [-0.25, -0.2) is 0 Å². The number of carbonyl (C=O) groups is 1. The Morgan fingerprint density at radius 3 is 2.52 bits per heavy atom. The Morgan fingerprint density at radius 2 is 1.84 bits per heavy atom. The molecule has 0 spiro atoms. The molecule has 2 aromatic rings. The number of carbonyl (C=O) groups excluding carboxylic acids is 1. The number of nitrogens with one attached hydrogen (secondary N) is 1. The summed E-state index contributed by atoms with van der Waals surface area (Å²) in [6, 6.07) is 16.6. The smallest absolute Gasteiger partial charge is 0.255 e. The Kier molecular flexibility index (Phi) is 5.37. The molecular formula is C20H17ClN2O2. The van der Waals surface area contributed by atoms with Gasteiger partial charge in [-0.15, -0.1) is 0 Å². The molecule has 0 aliphatic heterocycles. The second-order valence-corrected chi connectivity index (χ2v) is 6.25. The fourth-order valence-corrected chi connectivity index (χ4v) is 2.79. The van der Waals surface area contributed by atoms with Crippen LogP contribution in [0.25, 0.3) is 0 Å². The molecule has 0 saturated carbocycles. The van der Waals surface area contributed by atoms with E-state index < -0.39 is 0 Å². The zero-order chi connectivity index (χ0) is 17.6. The fraction of sp³-hybridized carbons (Fsp3) is 0.200. The topological polar surface area (TPSA) is 62.1 Å². The number of nitriles is 1. The fourth-order valence-electron chi connectivity index (χ4n) is 2.66. The average molecular weight is 353 g/mol. The Bertz CT molecular complexity index is 833. The van der Waals surface area contributed by atoms with Gasteiger partial charge in [0.2, 0.25) is 0 Å². The second-order valence-electron chi connectivity index (χ2n) is 5.82. The molecule has 0 radical (unpaired) electrons. The molecule has 3 rings (SSSR count). The van der Waals surface area contributed by atoms with Crippen LogP contribution in [0.2, 0.25) is 5.02 Å². The highest BCUT2D eigenvalue weighted by Gasteiger charge is 2.17. The van der Waals surface area contributed by atoms with Crippen LogP contribution in [0, 0.1) is 11.3 Å². The lowest BCUT2D eigenvalue weighted by Gasteiger charge is -2.09. The van der Waals surface area contributed by atoms with E-state index in [0.29, 0.717) is 22.8 Å². The van der Waals surface area contributed by atoms with E-state index in [1.807, 2.05) is 24.3 Å². The van der Waals surface area contributed by atoms with Crippen molar-refractivity contribution in [2.45, 2.75) is 25.9 Å². The van der Waals surface area contributed by atoms with Crippen LogP contribution in [-0.4, -0.2) is 5.91 Å². The lowest BCUT2D eigenvalue weighted by atomic mass is 10.1. The van der Waals surface area contributed by atoms with E-state index in [1.54, 1.807) is 24.3 Å². The van der Waals surface area contributed by atoms with E-state index >= 15 is 0 Å². The van der Waals surface area contributed by atoms with E-state index in [2.05, 4.69) is 11.4 Å². The summed E-state index contributed by atoms with van der Waals surface area (Å²) >= 11 is 5.84. The summed E-state index contributed by atoms with van der Waals surface area (Å²) in [5.41, 5.74) is 2.96. The molecule has 4 nitrogen and oxygen atoms in total. The van der Waals surface area contributed by atoms with Gasteiger partial charge in [0.15, 0.2) is 0 Å². The maximum atomic E-state index is 12.3. The molecule has 126 valence electrons. The largest absolute Gasteiger partial charge is 0.489 e. The van der Waals surface area contributed by atoms with Gasteiger partial charge >= 0.3 is 0 Å². The minimum Gasteiger partial charge on any atom is -0.489 e. The number of amides is 1. The van der Waals surface area contributed by atoms with Crippen molar-refractivity contribution < 1.29 is 9.53 Å². The first kappa shape index (κ1) is 17.1. The molecule has 25 heavy (non-hydrogen) atoms. The summed E-state index contributed by atoms with van der Waals surface area (Å²) in [5, 5.41) is 12.6. The Labute approximate surface area is 151 Å². The molecule has 0 unspecified atom stereocenters. The van der Waals surface area contributed by atoms with Crippen LogP contribution in [0.1, 0.15) is 35.2 Å². The van der Waals surface area contributed by atoms with Gasteiger partial charge in [0.1, 0.15) is 12.4 Å². The molecule has 0 atom stereocenters. The second kappa shape index (κ2) is 7.87. The molecule has 5 heteroatoms. The molecule has 1 aliphatic rings. The van der Waals surface area contributed by atoms with Gasteiger partial charge in [-0.05, 0) is 61.2 Å². The highest BCUT2D eigenvalue weighted by molar-refractivity contribution is 6.30. The summed E-state index contributed by atoms with van der Waals surface area (Å²) in [6.45, 7) is 0.410. The van der Waals surface area contributed by atoms with Gasteiger partial charge < -0.3 is 10.1 Å². The van der Waals surface area contributed by atoms with Crippen molar-refractivity contribution in [3.05, 3.63) is 76.0 Å². The van der Waals surface area contributed by atoms with Crippen LogP contribution in [0.5, 0.6) is 5.75 Å². The third-order valence-electron chi connectivity index (χ3n) is 4.05. The first-order valence-electron chi connectivity index (χ1n) is 8.06. The molecule has 0 saturated heterocycles. The first-order valence-corrected chi connectivity index (χ1v) is 8.44. The van der Waals surface area contributed by atoms with Crippen molar-refractivity contribution in [1.82, 2.24) is 5.32 Å². The number of rotatable bonds is 5. The molecule has 2 aromatic carbocycles. The summed E-state index contributed by atoms with van der Waals surface area (Å²) in [4.78, 5) is 12.3. The zero-order valence-corrected chi connectivity index (χ0v) is 14.3. The number of hydrogen-bond acceptors (Lipinski definition) is 3. The number of hydrogen-bond donors (Lipinski definition) is 1. The normalized spacial score (nSPS) is 13.4. The van der Waals surface area contributed by atoms with Crippen molar-refractivity contribution in [3.8, 4) is 11.8 Å². The zero-order valence-electron chi connectivity index (χ0n) is 13.6. The van der Waals surface area contributed by atoms with E-state index in [0.717, 1.165) is 36.3 Å². The van der Waals surface area contributed by atoms with Gasteiger partial charge in [-0.3, -0.25) is 4.79 Å². The number of benzene rings is 2. The van der Waals surface area contributed by atoms with Crippen molar-refractivity contribution in [3.63, 3.8) is 0 Å². The summed E-state index contributed by atoms with van der Waals surface area (Å²) in [7, 11) is 0. The summed E-state index contributed by atoms with van der Waals surface area (Å²) < 4.78 is 5.68. The van der Waals surface area contributed by atoms with Crippen LogP contribution >= 0.6 is 11.6 Å². The van der Waals surface area contributed by atoms with Crippen LogP contribution in [0.3, 0.4) is 0 Å². The van der Waals surface area contributed by atoms with Gasteiger partial charge in [-0.2, -0.15) is 5.26 Å². The average Bonchev–Trinajstić information content (AvgIpc) is 3.09. The Morgan fingerprint density at radius 1 is 1.12 bits per heavy atom.